The van der Waals surface area contributed by atoms with E-state index in [2.05, 4.69) is 6.07 Å². The Balaban J connectivity index is 2.28. The molecule has 1 aromatic carbocycles. The van der Waals surface area contributed by atoms with Gasteiger partial charge >= 0.3 is 0 Å². The van der Waals surface area contributed by atoms with Gasteiger partial charge in [0.25, 0.3) is 0 Å². The van der Waals surface area contributed by atoms with Crippen molar-refractivity contribution in [3.63, 3.8) is 0 Å². The minimum absolute atomic E-state index is 0.0278. The molecule has 0 aliphatic carbocycles. The second-order valence-electron chi connectivity index (χ2n) is 5.61. The monoisotopic (exact) mass is 280 g/mol. The number of carbonyl (C=O) groups excluding carboxylic acids is 2. The lowest BCUT2D eigenvalue weighted by Crippen LogP contribution is -2.42. The van der Waals surface area contributed by atoms with Gasteiger partial charge in [-0.25, -0.2) is 0 Å². The number of hydrogen-bond donors (Lipinski definition) is 0. The molecule has 2 heterocycles. The van der Waals surface area contributed by atoms with Crippen LogP contribution in [0.15, 0.2) is 30.3 Å². The summed E-state index contributed by atoms with van der Waals surface area (Å²) in [6, 6.07) is 11.7. The van der Waals surface area contributed by atoms with Crippen LogP contribution in [0.5, 0.6) is 0 Å². The average Bonchev–Trinajstić information content (AvgIpc) is 2.87. The Labute approximate surface area is 123 Å². The molecular formula is C17H16N2O2. The van der Waals surface area contributed by atoms with Crippen molar-refractivity contribution in [1.29, 1.82) is 5.26 Å². The number of fused-ring (bicyclic) bond motifs is 3. The molecule has 1 unspecified atom stereocenters. The van der Waals surface area contributed by atoms with Crippen LogP contribution >= 0.6 is 0 Å². The molecule has 1 aromatic heterocycles. The lowest BCUT2D eigenvalue weighted by atomic mass is 9.71. The van der Waals surface area contributed by atoms with E-state index in [0.717, 1.165) is 16.6 Å². The van der Waals surface area contributed by atoms with Gasteiger partial charge in [0.05, 0.1) is 17.0 Å². The largest absolute Gasteiger partial charge is 0.299 e. The topological polar surface area (TPSA) is 62.9 Å². The van der Waals surface area contributed by atoms with Gasteiger partial charge in [-0.15, -0.1) is 0 Å². The Morgan fingerprint density at radius 2 is 2.19 bits per heavy atom. The predicted octanol–water partition coefficient (Wildman–Crippen LogP) is 3.21. The number of aromatic nitrogens is 1. The van der Waals surface area contributed by atoms with E-state index in [-0.39, 0.29) is 11.7 Å². The van der Waals surface area contributed by atoms with Crippen LogP contribution in [0.4, 0.5) is 0 Å². The molecule has 3 rings (SSSR count). The standard InChI is InChI=1S/C17H16N2O2/c1-12(20)17(8-4-10-18)9-7-16(21)19-14-6-3-2-5-13(14)11-15(17)19/h2-3,5-6,11H,4,7-9H2,1H3. The van der Waals surface area contributed by atoms with Gasteiger partial charge in [0, 0.05) is 23.9 Å². The first kappa shape index (κ1) is 13.6. The summed E-state index contributed by atoms with van der Waals surface area (Å²) in [5.74, 6) is 0.0642. The van der Waals surface area contributed by atoms with Crippen molar-refractivity contribution in [3.8, 4) is 6.07 Å². The highest BCUT2D eigenvalue weighted by molar-refractivity contribution is 5.99. The smallest absolute Gasteiger partial charge is 0.231 e. The molecule has 0 fully saturated rings. The van der Waals surface area contributed by atoms with Gasteiger partial charge in [-0.2, -0.15) is 5.26 Å². The highest BCUT2D eigenvalue weighted by atomic mass is 16.2. The van der Waals surface area contributed by atoms with Gasteiger partial charge in [-0.05, 0) is 31.9 Å². The Bertz CT molecular complexity index is 782. The van der Waals surface area contributed by atoms with E-state index in [4.69, 9.17) is 5.26 Å². The Morgan fingerprint density at radius 1 is 1.43 bits per heavy atom. The molecular weight excluding hydrogens is 264 g/mol. The number of nitriles is 1. The highest BCUT2D eigenvalue weighted by Gasteiger charge is 2.44. The summed E-state index contributed by atoms with van der Waals surface area (Å²) in [6.45, 7) is 1.56. The molecule has 2 aromatic rings. The summed E-state index contributed by atoms with van der Waals surface area (Å²) in [4.78, 5) is 24.7. The summed E-state index contributed by atoms with van der Waals surface area (Å²) in [7, 11) is 0. The van der Waals surface area contributed by atoms with Crippen molar-refractivity contribution < 1.29 is 9.59 Å². The van der Waals surface area contributed by atoms with Crippen molar-refractivity contribution in [2.24, 2.45) is 0 Å². The van der Waals surface area contributed by atoms with Crippen molar-refractivity contribution in [2.45, 2.75) is 38.0 Å². The van der Waals surface area contributed by atoms with Crippen LogP contribution < -0.4 is 0 Å². The average molecular weight is 280 g/mol. The Kier molecular flexibility index (Phi) is 3.13. The molecule has 0 spiro atoms. The van der Waals surface area contributed by atoms with E-state index in [9.17, 15) is 9.59 Å². The van der Waals surface area contributed by atoms with E-state index in [1.165, 1.54) is 0 Å². The number of ketones is 1. The third kappa shape index (κ3) is 1.89. The minimum atomic E-state index is -0.706. The second-order valence-corrected chi connectivity index (χ2v) is 5.61. The molecule has 1 aliphatic rings. The van der Waals surface area contributed by atoms with Gasteiger partial charge < -0.3 is 0 Å². The number of benzene rings is 1. The van der Waals surface area contributed by atoms with E-state index in [1.54, 1.807) is 11.5 Å². The molecule has 4 nitrogen and oxygen atoms in total. The quantitative estimate of drug-likeness (QED) is 0.867. The molecule has 0 bridgehead atoms. The first-order valence-electron chi connectivity index (χ1n) is 7.12. The van der Waals surface area contributed by atoms with Gasteiger partial charge in [0.15, 0.2) is 0 Å². The van der Waals surface area contributed by atoms with Crippen LogP contribution in [0.3, 0.4) is 0 Å². The zero-order chi connectivity index (χ0) is 15.0. The molecule has 1 atom stereocenters. The fourth-order valence-electron chi connectivity index (χ4n) is 3.39. The summed E-state index contributed by atoms with van der Waals surface area (Å²) < 4.78 is 1.68. The first-order valence-corrected chi connectivity index (χ1v) is 7.12. The van der Waals surface area contributed by atoms with Gasteiger partial charge in [0.2, 0.25) is 5.91 Å². The predicted molar refractivity (Wildman–Crippen MR) is 79.0 cm³/mol. The molecule has 1 aliphatic heterocycles. The normalized spacial score (nSPS) is 21.0. The lowest BCUT2D eigenvalue weighted by molar-refractivity contribution is -0.123. The van der Waals surface area contributed by atoms with Crippen LogP contribution in [0.2, 0.25) is 0 Å². The van der Waals surface area contributed by atoms with E-state index >= 15 is 0 Å². The maximum absolute atomic E-state index is 12.3. The third-order valence-corrected chi connectivity index (χ3v) is 4.55. The minimum Gasteiger partial charge on any atom is -0.299 e. The number of rotatable bonds is 3. The number of hydrogen-bond acceptors (Lipinski definition) is 3. The zero-order valence-electron chi connectivity index (χ0n) is 11.9. The van der Waals surface area contributed by atoms with Gasteiger partial charge in [0.1, 0.15) is 5.78 Å². The maximum atomic E-state index is 12.3. The van der Waals surface area contributed by atoms with Crippen molar-refractivity contribution in [3.05, 3.63) is 36.0 Å². The fourth-order valence-corrected chi connectivity index (χ4v) is 3.39. The molecule has 0 N–H and O–H groups in total. The van der Waals surface area contributed by atoms with Crippen molar-refractivity contribution in [2.75, 3.05) is 0 Å². The van der Waals surface area contributed by atoms with Crippen molar-refractivity contribution >= 4 is 22.6 Å². The molecule has 0 radical (unpaired) electrons. The highest BCUT2D eigenvalue weighted by Crippen LogP contribution is 2.41. The molecule has 0 saturated carbocycles. The summed E-state index contributed by atoms with van der Waals surface area (Å²) >= 11 is 0. The third-order valence-electron chi connectivity index (χ3n) is 4.55. The summed E-state index contributed by atoms with van der Waals surface area (Å²) in [5, 5.41) is 9.86. The van der Waals surface area contributed by atoms with Gasteiger partial charge in [-0.1, -0.05) is 18.2 Å². The Morgan fingerprint density at radius 3 is 2.90 bits per heavy atom. The number of Topliss-reactive ketones (excluding diaryl/α,β-unsaturated/α-hetero) is 1. The van der Waals surface area contributed by atoms with E-state index in [1.807, 2.05) is 30.3 Å². The summed E-state index contributed by atoms with van der Waals surface area (Å²) in [5.41, 5.74) is 0.894. The van der Waals surface area contributed by atoms with Crippen LogP contribution in [0.1, 0.15) is 43.1 Å². The van der Waals surface area contributed by atoms with Crippen LogP contribution in [-0.2, 0) is 10.2 Å². The lowest BCUT2D eigenvalue weighted by Gasteiger charge is -2.35. The molecule has 4 heteroatoms. The zero-order valence-corrected chi connectivity index (χ0v) is 11.9. The van der Waals surface area contributed by atoms with E-state index in [0.29, 0.717) is 25.7 Å². The number of nitrogens with zero attached hydrogens (tertiary/aromatic N) is 2. The fraction of sp³-hybridized carbons (Fsp3) is 0.353. The van der Waals surface area contributed by atoms with Gasteiger partial charge in [-0.3, -0.25) is 14.2 Å². The molecule has 21 heavy (non-hydrogen) atoms. The van der Waals surface area contributed by atoms with Crippen LogP contribution in [0.25, 0.3) is 10.9 Å². The van der Waals surface area contributed by atoms with Crippen LogP contribution in [-0.4, -0.2) is 16.3 Å². The maximum Gasteiger partial charge on any atom is 0.231 e. The SMILES string of the molecule is CC(=O)C1(CCC#N)CCC(=O)n2c1cc1ccccc12. The Hall–Kier alpha value is -2.41. The number of para-hydroxylation sites is 1. The van der Waals surface area contributed by atoms with Crippen molar-refractivity contribution in [1.82, 2.24) is 4.57 Å². The first-order chi connectivity index (χ1) is 10.1. The van der Waals surface area contributed by atoms with E-state index < -0.39 is 5.41 Å². The second kappa shape index (κ2) is 4.85. The molecule has 0 saturated heterocycles. The van der Waals surface area contributed by atoms with Crippen LogP contribution in [0, 0.1) is 11.3 Å². The number of carbonyl (C=O) groups is 2. The molecule has 0 amide bonds. The summed E-state index contributed by atoms with van der Waals surface area (Å²) in [6.07, 6.45) is 1.63. The molecule has 106 valence electrons.